The Morgan fingerprint density at radius 2 is 1.89 bits per heavy atom. The van der Waals surface area contributed by atoms with E-state index in [4.69, 9.17) is 4.42 Å². The highest BCUT2D eigenvalue weighted by atomic mass is 32.1. The summed E-state index contributed by atoms with van der Waals surface area (Å²) in [5.74, 6) is -0.879. The highest BCUT2D eigenvalue weighted by Gasteiger charge is 2.34. The smallest absolute Gasteiger partial charge is 0.410 e. The Morgan fingerprint density at radius 1 is 1.20 bits per heavy atom. The number of hydrogen-bond donors (Lipinski definition) is 2. The fourth-order valence-electron chi connectivity index (χ4n) is 3.30. The molecule has 0 atom stereocenters. The molecule has 0 unspecified atom stereocenters. The Morgan fingerprint density at radius 3 is 2.51 bits per heavy atom. The molecule has 0 aromatic carbocycles. The summed E-state index contributed by atoms with van der Waals surface area (Å²) in [5.41, 5.74) is -2.50. The predicted octanol–water partition coefficient (Wildman–Crippen LogP) is 5.55. The van der Waals surface area contributed by atoms with Crippen LogP contribution in [-0.2, 0) is 24.0 Å². The van der Waals surface area contributed by atoms with Crippen LogP contribution < -0.4 is 10.9 Å². The maximum absolute atomic E-state index is 13.1. The number of unbranched alkanes of at least 4 members (excludes halogenated alkanes) is 1. The highest BCUT2D eigenvalue weighted by molar-refractivity contribution is 7.12. The Kier molecular flexibility index (Phi) is 9.70. The van der Waals surface area contributed by atoms with Crippen LogP contribution in [0.1, 0.15) is 59.0 Å². The number of allylic oxidation sites excluding steroid dienone is 1. The van der Waals surface area contributed by atoms with Gasteiger partial charge in [-0.05, 0) is 37.8 Å². The molecule has 0 aliphatic heterocycles. The number of thiophene rings is 1. The summed E-state index contributed by atoms with van der Waals surface area (Å²) in [6.45, 7) is 3.21. The standard InChI is InChI=1S/C24H28F3NO6S/c1-23(2,14-17-9-8-16(35-17)10-11-24(25,26)27)20(30)19-18(29)13-15(34-21(19)31)7-5-4-6-12-28-22(32)33-3/h6,8-9,12-13,29H,4-5,7,10-11,14H2,1-3H3,(H,28,32)/b12-6+. The van der Waals surface area contributed by atoms with Crippen molar-refractivity contribution in [2.75, 3.05) is 7.11 Å². The van der Waals surface area contributed by atoms with Crippen LogP contribution in [0, 0.1) is 5.41 Å². The van der Waals surface area contributed by atoms with Gasteiger partial charge in [0.05, 0.1) is 7.11 Å². The average molecular weight is 516 g/mol. The molecule has 0 spiro atoms. The van der Waals surface area contributed by atoms with Crippen LogP contribution in [-0.4, -0.2) is 30.3 Å². The average Bonchev–Trinajstić information content (AvgIpc) is 3.20. The summed E-state index contributed by atoms with van der Waals surface area (Å²) in [4.78, 5) is 37.8. The van der Waals surface area contributed by atoms with E-state index in [-0.39, 0.29) is 18.6 Å². The minimum Gasteiger partial charge on any atom is -0.507 e. The lowest BCUT2D eigenvalue weighted by atomic mass is 9.81. The van der Waals surface area contributed by atoms with E-state index in [1.165, 1.54) is 30.7 Å². The number of aryl methyl sites for hydroxylation is 2. The summed E-state index contributed by atoms with van der Waals surface area (Å²) < 4.78 is 47.0. The van der Waals surface area contributed by atoms with Crippen molar-refractivity contribution >= 4 is 23.2 Å². The summed E-state index contributed by atoms with van der Waals surface area (Å²) in [5, 5.41) is 12.8. The molecule has 1 amide bonds. The van der Waals surface area contributed by atoms with Gasteiger partial charge in [-0.3, -0.25) is 10.1 Å². The normalized spacial score (nSPS) is 12.2. The van der Waals surface area contributed by atoms with Crippen LogP contribution in [0.4, 0.5) is 18.0 Å². The quantitative estimate of drug-likeness (QED) is 0.300. The van der Waals surface area contributed by atoms with E-state index in [0.717, 1.165) is 0 Å². The Labute approximate surface area is 204 Å². The molecule has 2 rings (SSSR count). The third-order valence-corrected chi connectivity index (χ3v) is 6.26. The molecule has 2 heterocycles. The van der Waals surface area contributed by atoms with Crippen molar-refractivity contribution in [1.82, 2.24) is 5.32 Å². The van der Waals surface area contributed by atoms with Crippen molar-refractivity contribution in [2.24, 2.45) is 5.41 Å². The first-order valence-electron chi connectivity index (χ1n) is 10.9. The molecule has 11 heteroatoms. The zero-order chi connectivity index (χ0) is 26.2. The van der Waals surface area contributed by atoms with Crippen LogP contribution in [0.15, 0.2) is 39.7 Å². The van der Waals surface area contributed by atoms with Gasteiger partial charge in [0.15, 0.2) is 5.78 Å². The van der Waals surface area contributed by atoms with Crippen molar-refractivity contribution in [1.29, 1.82) is 0 Å². The first kappa shape index (κ1) is 28.2. The molecule has 2 N–H and O–H groups in total. The molecule has 0 radical (unpaired) electrons. The van der Waals surface area contributed by atoms with Gasteiger partial charge in [-0.2, -0.15) is 13.2 Å². The molecule has 0 bridgehead atoms. The fraction of sp³-hybridized carbons (Fsp3) is 0.458. The zero-order valence-electron chi connectivity index (χ0n) is 19.7. The minimum atomic E-state index is -4.24. The number of ether oxygens (including phenoxy) is 1. The number of halogens is 3. The highest BCUT2D eigenvalue weighted by Crippen LogP contribution is 2.33. The lowest BCUT2D eigenvalue weighted by Gasteiger charge is -2.22. The van der Waals surface area contributed by atoms with Gasteiger partial charge in [0.2, 0.25) is 0 Å². The van der Waals surface area contributed by atoms with Crippen LogP contribution in [0.2, 0.25) is 0 Å². The number of aromatic hydroxyl groups is 1. The van der Waals surface area contributed by atoms with E-state index in [1.807, 2.05) is 0 Å². The van der Waals surface area contributed by atoms with Gasteiger partial charge in [0, 0.05) is 40.3 Å². The number of alkyl halides is 3. The Bertz CT molecular complexity index is 1120. The second-order valence-electron chi connectivity index (χ2n) is 8.56. The first-order chi connectivity index (χ1) is 16.3. The molecule has 0 aliphatic rings. The van der Waals surface area contributed by atoms with Gasteiger partial charge in [-0.1, -0.05) is 19.9 Å². The number of ketones is 1. The number of amides is 1. The molecule has 35 heavy (non-hydrogen) atoms. The monoisotopic (exact) mass is 515 g/mol. The fourth-order valence-corrected chi connectivity index (χ4v) is 4.54. The summed E-state index contributed by atoms with van der Waals surface area (Å²) in [6, 6.07) is 4.52. The Balaban J connectivity index is 2.02. The SMILES string of the molecule is COC(=O)N/C=C/CCCc1cc(O)c(C(=O)C(C)(C)Cc2ccc(CCC(F)(F)F)s2)c(=O)o1. The lowest BCUT2D eigenvalue weighted by Crippen LogP contribution is -2.31. The molecule has 0 saturated carbocycles. The largest absolute Gasteiger partial charge is 0.507 e. The lowest BCUT2D eigenvalue weighted by molar-refractivity contribution is -0.133. The molecule has 0 fully saturated rings. The van der Waals surface area contributed by atoms with Crippen molar-refractivity contribution in [3.05, 3.63) is 62.0 Å². The molecular weight excluding hydrogens is 487 g/mol. The van der Waals surface area contributed by atoms with Crippen LogP contribution in [0.25, 0.3) is 0 Å². The van der Waals surface area contributed by atoms with Gasteiger partial charge in [-0.25, -0.2) is 9.59 Å². The third-order valence-electron chi connectivity index (χ3n) is 5.11. The van der Waals surface area contributed by atoms with E-state index >= 15 is 0 Å². The van der Waals surface area contributed by atoms with Crippen molar-refractivity contribution in [3.8, 4) is 5.75 Å². The Hall–Kier alpha value is -3.08. The van der Waals surface area contributed by atoms with Crippen molar-refractivity contribution in [2.45, 2.75) is 58.5 Å². The van der Waals surface area contributed by atoms with Crippen LogP contribution >= 0.6 is 11.3 Å². The molecular formula is C24H28F3NO6S. The third kappa shape index (κ3) is 8.89. The van der Waals surface area contributed by atoms with Gasteiger partial charge in [0.25, 0.3) is 0 Å². The zero-order valence-corrected chi connectivity index (χ0v) is 20.5. The number of carbonyl (C=O) groups excluding carboxylic acids is 2. The van der Waals surface area contributed by atoms with Gasteiger partial charge >= 0.3 is 17.9 Å². The molecule has 2 aromatic heterocycles. The molecule has 2 aromatic rings. The van der Waals surface area contributed by atoms with Crippen LogP contribution in [0.5, 0.6) is 5.75 Å². The predicted molar refractivity (Wildman–Crippen MR) is 125 cm³/mol. The van der Waals surface area contributed by atoms with Gasteiger partial charge in [0.1, 0.15) is 17.1 Å². The summed E-state index contributed by atoms with van der Waals surface area (Å²) >= 11 is 1.19. The summed E-state index contributed by atoms with van der Waals surface area (Å²) in [6.07, 6.45) is -1.16. The van der Waals surface area contributed by atoms with E-state index in [0.29, 0.717) is 29.0 Å². The first-order valence-corrected chi connectivity index (χ1v) is 11.7. The number of rotatable bonds is 11. The molecule has 7 nitrogen and oxygen atoms in total. The second-order valence-corrected chi connectivity index (χ2v) is 9.82. The topological polar surface area (TPSA) is 106 Å². The number of Topliss-reactive ketones (excluding diaryl/α,β-unsaturated/α-hetero) is 1. The number of hydrogen-bond acceptors (Lipinski definition) is 7. The van der Waals surface area contributed by atoms with E-state index in [9.17, 15) is 32.7 Å². The summed E-state index contributed by atoms with van der Waals surface area (Å²) in [7, 11) is 1.24. The van der Waals surface area contributed by atoms with Crippen molar-refractivity contribution in [3.63, 3.8) is 0 Å². The van der Waals surface area contributed by atoms with E-state index in [2.05, 4.69) is 10.1 Å². The van der Waals surface area contributed by atoms with E-state index in [1.54, 1.807) is 32.1 Å². The number of methoxy groups -OCH3 is 1. The number of nitrogens with one attached hydrogen (secondary N) is 1. The number of carbonyl (C=O) groups is 2. The maximum atomic E-state index is 13.1. The van der Waals surface area contributed by atoms with Crippen LogP contribution in [0.3, 0.4) is 0 Å². The molecule has 0 saturated heterocycles. The second kappa shape index (κ2) is 12.1. The maximum Gasteiger partial charge on any atom is 0.410 e. The molecule has 0 aliphatic carbocycles. The van der Waals surface area contributed by atoms with Gasteiger partial charge in [-0.15, -0.1) is 11.3 Å². The van der Waals surface area contributed by atoms with Crippen molar-refractivity contribution < 1.29 is 37.0 Å². The van der Waals surface area contributed by atoms with E-state index < -0.39 is 46.8 Å². The minimum absolute atomic E-state index is 0.133. The number of alkyl carbamates (subject to hydrolysis) is 1. The molecule has 192 valence electrons. The van der Waals surface area contributed by atoms with Gasteiger partial charge < -0.3 is 14.3 Å².